The summed E-state index contributed by atoms with van der Waals surface area (Å²) in [5.41, 5.74) is 13.7. The topological polar surface area (TPSA) is 169 Å². The lowest BCUT2D eigenvalue weighted by atomic mass is 10.2. The minimum Gasteiger partial charge on any atom is -0.368 e. The number of guanidine groups is 2. The maximum atomic E-state index is 12.0. The van der Waals surface area contributed by atoms with Crippen molar-refractivity contribution in [2.24, 2.45) is 11.5 Å². The predicted molar refractivity (Wildman–Crippen MR) is 70.0 cm³/mol. The Labute approximate surface area is 111 Å². The van der Waals surface area contributed by atoms with Gasteiger partial charge in [-0.15, -0.1) is 0 Å². The zero-order chi connectivity index (χ0) is 14.7. The highest BCUT2D eigenvalue weighted by Crippen LogP contribution is 2.47. The number of hydrogen-bond acceptors (Lipinski definition) is 6. The van der Waals surface area contributed by atoms with Gasteiger partial charge >= 0.3 is 7.82 Å². The second kappa shape index (κ2) is 9.56. The van der Waals surface area contributed by atoms with Gasteiger partial charge in [0.15, 0.2) is 0 Å². The molecule has 0 bridgehead atoms. The molecule has 11 heteroatoms. The fourth-order valence-corrected chi connectivity index (χ4v) is 1.90. The van der Waals surface area contributed by atoms with E-state index in [2.05, 4.69) is 16.2 Å². The van der Waals surface area contributed by atoms with E-state index in [9.17, 15) is 4.57 Å². The smallest absolute Gasteiger partial charge is 0.368 e. The number of hydrogen-bond donors (Lipinski definition) is 6. The number of unbranched alkanes of at least 4 members (excludes halogenated alkanes) is 3. The number of rotatable bonds is 10. The zero-order valence-electron chi connectivity index (χ0n) is 10.8. The van der Waals surface area contributed by atoms with Crippen molar-refractivity contribution in [1.29, 1.82) is 10.8 Å². The standard InChI is InChI=1S/C8H21N6O4P/c1-2-3-4-5-6-16-19(15,17-13-7(9)10)18-14-8(11)12/h2-6H2,1H3,(H4,9,10,13)(H4,11,12,14). The van der Waals surface area contributed by atoms with E-state index in [1.54, 1.807) is 0 Å². The average molecular weight is 296 g/mol. The lowest BCUT2D eigenvalue weighted by Crippen LogP contribution is -2.33. The van der Waals surface area contributed by atoms with E-state index in [0.29, 0.717) is 6.42 Å². The fraction of sp³-hybridized carbons (Fsp3) is 0.750. The lowest BCUT2D eigenvalue weighted by Gasteiger charge is -2.17. The molecule has 0 heterocycles. The third kappa shape index (κ3) is 10.3. The van der Waals surface area contributed by atoms with Crippen LogP contribution in [0.15, 0.2) is 0 Å². The molecule has 0 aliphatic carbocycles. The van der Waals surface area contributed by atoms with Crippen molar-refractivity contribution in [3.8, 4) is 0 Å². The molecule has 0 aliphatic heterocycles. The summed E-state index contributed by atoms with van der Waals surface area (Å²) in [5, 5.41) is 13.8. The molecule has 0 radical (unpaired) electrons. The molecule has 8 N–H and O–H groups in total. The highest BCUT2D eigenvalue weighted by molar-refractivity contribution is 7.48. The van der Waals surface area contributed by atoms with Gasteiger partial charge in [-0.25, -0.2) is 15.5 Å². The lowest BCUT2D eigenvalue weighted by molar-refractivity contribution is 0.0739. The third-order valence-electron chi connectivity index (χ3n) is 1.78. The Morgan fingerprint density at radius 2 is 1.63 bits per heavy atom. The molecule has 0 rings (SSSR count). The Balaban J connectivity index is 4.19. The molecule has 0 unspecified atom stereocenters. The van der Waals surface area contributed by atoms with Crippen molar-refractivity contribution in [2.45, 2.75) is 32.6 Å². The summed E-state index contributed by atoms with van der Waals surface area (Å²) in [7, 11) is -4.04. The van der Waals surface area contributed by atoms with Gasteiger partial charge in [0.25, 0.3) is 0 Å². The minimum atomic E-state index is -4.04. The predicted octanol–water partition coefficient (Wildman–Crippen LogP) is 0.521. The second-order valence-electron chi connectivity index (χ2n) is 3.56. The molecule has 0 aromatic rings. The zero-order valence-corrected chi connectivity index (χ0v) is 11.7. The summed E-state index contributed by atoms with van der Waals surface area (Å²) in [4.78, 5) is 0. The van der Waals surface area contributed by atoms with Crippen LogP contribution < -0.4 is 22.4 Å². The summed E-state index contributed by atoms with van der Waals surface area (Å²) in [6.07, 6.45) is 3.68. The number of hydroxylamine groups is 2. The van der Waals surface area contributed by atoms with E-state index in [1.807, 2.05) is 11.0 Å². The van der Waals surface area contributed by atoms with Gasteiger partial charge in [-0.3, -0.25) is 15.3 Å². The first-order valence-electron chi connectivity index (χ1n) is 5.71. The summed E-state index contributed by atoms with van der Waals surface area (Å²) in [5.74, 6) is -1.14. The van der Waals surface area contributed by atoms with Gasteiger partial charge in [0.05, 0.1) is 6.61 Å². The molecule has 0 saturated heterocycles. The minimum absolute atomic E-state index is 0.135. The quantitative estimate of drug-likeness (QED) is 0.111. The Hall–Kier alpha value is -1.35. The second-order valence-corrected chi connectivity index (χ2v) is 5.07. The maximum absolute atomic E-state index is 12.0. The van der Waals surface area contributed by atoms with Crippen LogP contribution in [0.5, 0.6) is 0 Å². The maximum Gasteiger partial charge on any atom is 0.517 e. The molecule has 0 aromatic heterocycles. The Bertz CT molecular complexity index is 317. The van der Waals surface area contributed by atoms with Crippen LogP contribution in [0.1, 0.15) is 32.6 Å². The van der Waals surface area contributed by atoms with Crippen LogP contribution in [0.25, 0.3) is 0 Å². The first-order valence-corrected chi connectivity index (χ1v) is 7.17. The Kier molecular flexibility index (Phi) is 8.88. The average Bonchev–Trinajstić information content (AvgIpc) is 2.34. The molecule has 0 saturated carbocycles. The van der Waals surface area contributed by atoms with Crippen LogP contribution in [-0.4, -0.2) is 18.5 Å². The highest BCUT2D eigenvalue weighted by Gasteiger charge is 2.29. The van der Waals surface area contributed by atoms with Gasteiger partial charge in [0, 0.05) is 0 Å². The van der Waals surface area contributed by atoms with Crippen molar-refractivity contribution < 1.29 is 18.3 Å². The highest BCUT2D eigenvalue weighted by atomic mass is 31.2. The Morgan fingerprint density at radius 1 is 1.11 bits per heavy atom. The summed E-state index contributed by atoms with van der Waals surface area (Å²) < 4.78 is 26.0. The van der Waals surface area contributed by atoms with Crippen molar-refractivity contribution in [3.05, 3.63) is 0 Å². The molecule has 0 aliphatic rings. The van der Waals surface area contributed by atoms with Gasteiger partial charge in [-0.05, 0) is 6.42 Å². The molecule has 0 spiro atoms. The summed E-state index contributed by atoms with van der Waals surface area (Å²) in [6.45, 7) is 2.20. The van der Waals surface area contributed by atoms with Crippen LogP contribution in [0.3, 0.4) is 0 Å². The van der Waals surface area contributed by atoms with Gasteiger partial charge in [0.1, 0.15) is 0 Å². The number of nitrogens with two attached hydrogens (primary N) is 2. The van der Waals surface area contributed by atoms with E-state index in [1.165, 1.54) is 0 Å². The van der Waals surface area contributed by atoms with E-state index < -0.39 is 19.7 Å². The normalized spacial score (nSPS) is 13.5. The molecule has 0 fully saturated rings. The van der Waals surface area contributed by atoms with Crippen LogP contribution in [0.4, 0.5) is 0 Å². The van der Waals surface area contributed by atoms with Crippen LogP contribution in [-0.2, 0) is 18.3 Å². The van der Waals surface area contributed by atoms with Gasteiger partial charge < -0.3 is 11.5 Å². The van der Waals surface area contributed by atoms with Crippen molar-refractivity contribution in [2.75, 3.05) is 6.61 Å². The third-order valence-corrected chi connectivity index (χ3v) is 2.91. The van der Waals surface area contributed by atoms with Crippen LogP contribution in [0, 0.1) is 10.8 Å². The van der Waals surface area contributed by atoms with Crippen molar-refractivity contribution >= 4 is 19.7 Å². The molecule has 19 heavy (non-hydrogen) atoms. The fourth-order valence-electron chi connectivity index (χ4n) is 0.987. The van der Waals surface area contributed by atoms with Crippen LogP contribution in [0.2, 0.25) is 0 Å². The first-order chi connectivity index (χ1) is 8.89. The number of phosphoric acid groups is 1. The van der Waals surface area contributed by atoms with E-state index in [-0.39, 0.29) is 6.61 Å². The van der Waals surface area contributed by atoms with Crippen LogP contribution >= 0.6 is 7.82 Å². The molecule has 0 amide bonds. The van der Waals surface area contributed by atoms with Gasteiger partial charge in [-0.1, -0.05) is 26.2 Å². The van der Waals surface area contributed by atoms with Gasteiger partial charge in [-0.2, -0.15) is 9.25 Å². The molecule has 10 nitrogen and oxygen atoms in total. The summed E-state index contributed by atoms with van der Waals surface area (Å²) >= 11 is 0. The first kappa shape index (κ1) is 17.6. The van der Waals surface area contributed by atoms with Gasteiger partial charge in [0.2, 0.25) is 11.9 Å². The van der Waals surface area contributed by atoms with E-state index >= 15 is 0 Å². The summed E-state index contributed by atoms with van der Waals surface area (Å²) in [6, 6.07) is 0. The SMILES string of the molecule is CCCCCCOP(=O)(ONC(=N)N)ONC(=N)N. The van der Waals surface area contributed by atoms with E-state index in [4.69, 9.17) is 26.8 Å². The largest absolute Gasteiger partial charge is 0.517 e. The molecular formula is C8H21N6O4P. The van der Waals surface area contributed by atoms with Crippen molar-refractivity contribution in [1.82, 2.24) is 11.0 Å². The molecule has 0 aromatic carbocycles. The van der Waals surface area contributed by atoms with Crippen molar-refractivity contribution in [3.63, 3.8) is 0 Å². The molecule has 112 valence electrons. The molecule has 0 atom stereocenters. The number of nitrogens with one attached hydrogen (secondary N) is 4. The monoisotopic (exact) mass is 296 g/mol. The van der Waals surface area contributed by atoms with E-state index in [0.717, 1.165) is 19.3 Å². The Morgan fingerprint density at radius 3 is 2.05 bits per heavy atom. The molecular weight excluding hydrogens is 275 g/mol.